The molecule has 156 valence electrons. The highest BCUT2D eigenvalue weighted by molar-refractivity contribution is 14.0. The third kappa shape index (κ3) is 7.29. The smallest absolute Gasteiger partial charge is 0.191 e. The van der Waals surface area contributed by atoms with E-state index in [1.165, 1.54) is 5.56 Å². The monoisotopic (exact) mass is 500 g/mol. The fraction of sp³-hybridized carbons (Fsp3) is 0.550. The largest absolute Gasteiger partial charge is 0.493 e. The van der Waals surface area contributed by atoms with Crippen LogP contribution in [0.2, 0.25) is 0 Å². The molecule has 2 N–H and O–H groups in total. The second-order valence-electron chi connectivity index (χ2n) is 7.14. The van der Waals surface area contributed by atoms with E-state index in [2.05, 4.69) is 64.8 Å². The van der Waals surface area contributed by atoms with Crippen molar-refractivity contribution in [1.29, 1.82) is 0 Å². The van der Waals surface area contributed by atoms with Gasteiger partial charge in [0.05, 0.1) is 13.2 Å². The lowest BCUT2D eigenvalue weighted by Crippen LogP contribution is -2.37. The number of ether oxygens (including phenoxy) is 1. The number of aliphatic imine (C=N–C) groups is 1. The van der Waals surface area contributed by atoms with Gasteiger partial charge in [0.1, 0.15) is 11.6 Å². The van der Waals surface area contributed by atoms with Gasteiger partial charge in [0.2, 0.25) is 0 Å². The van der Waals surface area contributed by atoms with Crippen LogP contribution in [0.5, 0.6) is 5.75 Å². The molecule has 0 aliphatic carbocycles. The molecule has 0 amide bonds. The molecule has 8 heteroatoms. The van der Waals surface area contributed by atoms with Crippen molar-refractivity contribution in [1.82, 2.24) is 25.4 Å². The molecule has 0 aliphatic heterocycles. The van der Waals surface area contributed by atoms with Gasteiger partial charge in [-0.1, -0.05) is 26.0 Å². The lowest BCUT2D eigenvalue weighted by molar-refractivity contribution is 0.286. The second-order valence-corrected chi connectivity index (χ2v) is 7.14. The average Bonchev–Trinajstić information content (AvgIpc) is 2.95. The van der Waals surface area contributed by atoms with Gasteiger partial charge in [-0.15, -0.1) is 34.2 Å². The molecule has 1 aromatic heterocycles. The summed E-state index contributed by atoms with van der Waals surface area (Å²) in [4.78, 5) is 4.28. The Morgan fingerprint density at radius 3 is 2.50 bits per heavy atom. The summed E-state index contributed by atoms with van der Waals surface area (Å²) in [6.07, 6.45) is 1.04. The Kier molecular flexibility index (Phi) is 10.3. The van der Waals surface area contributed by atoms with Gasteiger partial charge in [0.15, 0.2) is 11.8 Å². The Hall–Kier alpha value is -1.84. The van der Waals surface area contributed by atoms with Crippen molar-refractivity contribution in [2.45, 2.75) is 47.2 Å². The summed E-state index contributed by atoms with van der Waals surface area (Å²) in [5.41, 5.74) is 2.31. The number of rotatable bonds is 8. The summed E-state index contributed by atoms with van der Waals surface area (Å²) in [5.74, 6) is 4.02. The van der Waals surface area contributed by atoms with Crippen LogP contribution >= 0.6 is 24.0 Å². The van der Waals surface area contributed by atoms with E-state index in [1.807, 2.05) is 18.5 Å². The van der Waals surface area contributed by atoms with Crippen LogP contribution in [-0.2, 0) is 20.1 Å². The molecule has 0 aliphatic rings. The Balaban J connectivity index is 0.00000392. The molecule has 1 aromatic carbocycles. The number of nitrogens with one attached hydrogen (secondary N) is 2. The lowest BCUT2D eigenvalue weighted by atomic mass is 10.1. The lowest BCUT2D eigenvalue weighted by Gasteiger charge is -2.16. The highest BCUT2D eigenvalue weighted by Gasteiger charge is 2.08. The molecule has 2 rings (SSSR count). The van der Waals surface area contributed by atoms with Crippen molar-refractivity contribution < 1.29 is 4.74 Å². The maximum Gasteiger partial charge on any atom is 0.191 e. The van der Waals surface area contributed by atoms with Crippen LogP contribution in [0.3, 0.4) is 0 Å². The maximum absolute atomic E-state index is 6.02. The summed E-state index contributed by atoms with van der Waals surface area (Å²) < 4.78 is 7.98. The van der Waals surface area contributed by atoms with E-state index in [-0.39, 0.29) is 24.0 Å². The molecule has 0 atom stereocenters. The second kappa shape index (κ2) is 11.9. The molecule has 0 fully saturated rings. The SMILES string of the molecule is CN=C(NCc1ccc(C)cc1OCCC(C)C)NCc1nnc(C)n1C.I. The standard InChI is InChI=1S/C20H32N6O.HI/c1-14(2)9-10-27-18-11-15(3)7-8-17(18)12-22-20(21-5)23-13-19-25-24-16(4)26(19)6;/h7-8,11,14H,9-10,12-13H2,1-6H3,(H2,21,22,23);1H. The molecule has 0 bridgehead atoms. The Labute approximate surface area is 185 Å². The van der Waals surface area contributed by atoms with Gasteiger partial charge in [-0.05, 0) is 37.8 Å². The first-order chi connectivity index (χ1) is 12.9. The number of nitrogens with zero attached hydrogens (tertiary/aromatic N) is 4. The van der Waals surface area contributed by atoms with Gasteiger partial charge in [-0.25, -0.2) is 0 Å². The molecule has 0 saturated heterocycles. The van der Waals surface area contributed by atoms with Crippen molar-refractivity contribution in [2.75, 3.05) is 13.7 Å². The number of guanidine groups is 1. The van der Waals surface area contributed by atoms with Gasteiger partial charge in [0, 0.05) is 26.2 Å². The minimum Gasteiger partial charge on any atom is -0.493 e. The first-order valence-corrected chi connectivity index (χ1v) is 9.42. The van der Waals surface area contributed by atoms with E-state index < -0.39 is 0 Å². The first kappa shape index (κ1) is 24.2. The average molecular weight is 500 g/mol. The molecule has 28 heavy (non-hydrogen) atoms. The number of benzene rings is 1. The van der Waals surface area contributed by atoms with Crippen LogP contribution in [0.15, 0.2) is 23.2 Å². The predicted octanol–water partition coefficient (Wildman–Crippen LogP) is 3.34. The molecular weight excluding hydrogens is 467 g/mol. The summed E-state index contributed by atoms with van der Waals surface area (Å²) >= 11 is 0. The minimum atomic E-state index is 0. The van der Waals surface area contributed by atoms with E-state index in [0.717, 1.165) is 36.0 Å². The van der Waals surface area contributed by atoms with E-state index >= 15 is 0 Å². The van der Waals surface area contributed by atoms with Crippen molar-refractivity contribution in [2.24, 2.45) is 18.0 Å². The number of halogens is 1. The Morgan fingerprint density at radius 2 is 1.89 bits per heavy atom. The zero-order valence-electron chi connectivity index (χ0n) is 17.7. The number of aryl methyl sites for hydroxylation is 2. The van der Waals surface area contributed by atoms with Crippen LogP contribution < -0.4 is 15.4 Å². The van der Waals surface area contributed by atoms with E-state index in [0.29, 0.717) is 25.0 Å². The van der Waals surface area contributed by atoms with Gasteiger partial charge in [-0.3, -0.25) is 4.99 Å². The molecule has 0 unspecified atom stereocenters. The minimum absolute atomic E-state index is 0. The number of aromatic nitrogens is 3. The first-order valence-electron chi connectivity index (χ1n) is 9.42. The van der Waals surface area contributed by atoms with E-state index in [1.54, 1.807) is 7.05 Å². The molecule has 7 nitrogen and oxygen atoms in total. The van der Waals surface area contributed by atoms with Crippen molar-refractivity contribution in [3.05, 3.63) is 41.0 Å². The van der Waals surface area contributed by atoms with Crippen LogP contribution in [0.4, 0.5) is 0 Å². The summed E-state index contributed by atoms with van der Waals surface area (Å²) in [6, 6.07) is 6.30. The zero-order valence-corrected chi connectivity index (χ0v) is 20.1. The summed E-state index contributed by atoms with van der Waals surface area (Å²) in [6.45, 7) is 10.3. The van der Waals surface area contributed by atoms with Crippen molar-refractivity contribution in [3.63, 3.8) is 0 Å². The third-order valence-electron chi connectivity index (χ3n) is 4.44. The van der Waals surface area contributed by atoms with Crippen LogP contribution in [-0.4, -0.2) is 34.4 Å². The number of hydrogen-bond acceptors (Lipinski definition) is 4. The fourth-order valence-corrected chi connectivity index (χ4v) is 2.51. The molecule has 0 radical (unpaired) electrons. The van der Waals surface area contributed by atoms with Crippen LogP contribution in [0, 0.1) is 19.8 Å². The fourth-order valence-electron chi connectivity index (χ4n) is 2.51. The Morgan fingerprint density at radius 1 is 1.18 bits per heavy atom. The van der Waals surface area contributed by atoms with Gasteiger partial charge in [0.25, 0.3) is 0 Å². The predicted molar refractivity (Wildman–Crippen MR) is 124 cm³/mol. The van der Waals surface area contributed by atoms with Gasteiger partial charge >= 0.3 is 0 Å². The van der Waals surface area contributed by atoms with Crippen LogP contribution in [0.1, 0.15) is 43.0 Å². The van der Waals surface area contributed by atoms with E-state index in [4.69, 9.17) is 4.74 Å². The highest BCUT2D eigenvalue weighted by Crippen LogP contribution is 2.21. The normalized spacial score (nSPS) is 11.3. The Bertz CT molecular complexity index is 772. The summed E-state index contributed by atoms with van der Waals surface area (Å²) in [5, 5.41) is 14.8. The summed E-state index contributed by atoms with van der Waals surface area (Å²) in [7, 11) is 3.71. The van der Waals surface area contributed by atoms with Crippen molar-refractivity contribution >= 4 is 29.9 Å². The maximum atomic E-state index is 6.02. The third-order valence-corrected chi connectivity index (χ3v) is 4.44. The van der Waals surface area contributed by atoms with Crippen LogP contribution in [0.25, 0.3) is 0 Å². The molecule has 2 aromatic rings. The highest BCUT2D eigenvalue weighted by atomic mass is 127. The quantitative estimate of drug-likeness (QED) is 0.331. The number of hydrogen-bond donors (Lipinski definition) is 2. The van der Waals surface area contributed by atoms with E-state index in [9.17, 15) is 0 Å². The van der Waals surface area contributed by atoms with Gasteiger partial charge in [-0.2, -0.15) is 0 Å². The molecular formula is C20H33IN6O. The molecule has 0 saturated carbocycles. The van der Waals surface area contributed by atoms with Gasteiger partial charge < -0.3 is 19.9 Å². The molecule has 1 heterocycles. The van der Waals surface area contributed by atoms with Crippen molar-refractivity contribution in [3.8, 4) is 5.75 Å². The zero-order chi connectivity index (χ0) is 19.8. The topological polar surface area (TPSA) is 76.4 Å². The molecule has 0 spiro atoms.